The summed E-state index contributed by atoms with van der Waals surface area (Å²) in [5, 5.41) is 12.6. The molecule has 1 saturated heterocycles. The van der Waals surface area contributed by atoms with Gasteiger partial charge in [-0.05, 0) is 25.5 Å². The number of hydrogen-bond acceptors (Lipinski definition) is 3. The highest BCUT2D eigenvalue weighted by Crippen LogP contribution is 2.22. The number of benzene rings is 1. The van der Waals surface area contributed by atoms with Gasteiger partial charge in [-0.2, -0.15) is 0 Å². The van der Waals surface area contributed by atoms with Crippen LogP contribution in [0.5, 0.6) is 0 Å². The molecule has 0 unspecified atom stereocenters. The molecular formula is C13H18N2O2. The zero-order valence-corrected chi connectivity index (χ0v) is 10.1. The summed E-state index contributed by atoms with van der Waals surface area (Å²) in [7, 11) is 0. The number of rotatable bonds is 3. The largest absolute Gasteiger partial charge is 0.395 e. The minimum atomic E-state index is 0.0651. The number of anilines is 1. The van der Waals surface area contributed by atoms with Crippen LogP contribution < -0.4 is 5.01 Å². The van der Waals surface area contributed by atoms with Gasteiger partial charge < -0.3 is 5.11 Å². The van der Waals surface area contributed by atoms with Crippen molar-refractivity contribution in [2.24, 2.45) is 0 Å². The van der Waals surface area contributed by atoms with Gasteiger partial charge in [0.05, 0.1) is 12.3 Å². The quantitative estimate of drug-likeness (QED) is 0.858. The SMILES string of the molecule is Cc1ccc(N2C(=O)CCCN2CCO)cc1. The highest BCUT2D eigenvalue weighted by molar-refractivity contribution is 5.93. The monoisotopic (exact) mass is 234 g/mol. The molecular weight excluding hydrogens is 216 g/mol. The molecule has 0 atom stereocenters. The van der Waals surface area contributed by atoms with Gasteiger partial charge in [0.2, 0.25) is 5.91 Å². The first kappa shape index (κ1) is 12.1. The van der Waals surface area contributed by atoms with E-state index in [0.29, 0.717) is 13.0 Å². The number of aliphatic hydroxyl groups is 1. The summed E-state index contributed by atoms with van der Waals surface area (Å²) in [5.41, 5.74) is 2.06. The maximum absolute atomic E-state index is 12.0. The number of aryl methyl sites for hydroxylation is 1. The lowest BCUT2D eigenvalue weighted by atomic mass is 10.2. The normalized spacial score (nSPS) is 17.5. The van der Waals surface area contributed by atoms with Crippen molar-refractivity contribution in [1.29, 1.82) is 0 Å². The molecule has 17 heavy (non-hydrogen) atoms. The van der Waals surface area contributed by atoms with E-state index in [4.69, 9.17) is 5.11 Å². The molecule has 1 amide bonds. The topological polar surface area (TPSA) is 43.8 Å². The van der Waals surface area contributed by atoms with Crippen LogP contribution in [0.15, 0.2) is 24.3 Å². The third-order valence-electron chi connectivity index (χ3n) is 2.96. The minimum absolute atomic E-state index is 0.0651. The van der Waals surface area contributed by atoms with Crippen molar-refractivity contribution in [2.45, 2.75) is 19.8 Å². The van der Waals surface area contributed by atoms with E-state index >= 15 is 0 Å². The van der Waals surface area contributed by atoms with Crippen LogP contribution in [0.2, 0.25) is 0 Å². The Hall–Kier alpha value is -1.39. The number of hydrazine groups is 1. The summed E-state index contributed by atoms with van der Waals surface area (Å²) in [6.45, 7) is 3.41. The standard InChI is InChI=1S/C13H18N2O2/c1-11-4-6-12(7-5-11)15-13(17)3-2-8-14(15)9-10-16/h4-7,16H,2-3,8-10H2,1H3. The summed E-state index contributed by atoms with van der Waals surface area (Å²) < 4.78 is 0. The molecule has 4 heteroatoms. The van der Waals surface area contributed by atoms with Gasteiger partial charge >= 0.3 is 0 Å². The maximum atomic E-state index is 12.0. The van der Waals surface area contributed by atoms with Gasteiger partial charge in [-0.1, -0.05) is 17.7 Å². The third-order valence-corrected chi connectivity index (χ3v) is 2.96. The van der Waals surface area contributed by atoms with Gasteiger partial charge in [0.25, 0.3) is 0 Å². The van der Waals surface area contributed by atoms with Gasteiger partial charge in [-0.15, -0.1) is 0 Å². The molecule has 0 saturated carbocycles. The lowest BCUT2D eigenvalue weighted by Gasteiger charge is -2.38. The average Bonchev–Trinajstić information content (AvgIpc) is 2.32. The molecule has 1 aromatic rings. The van der Waals surface area contributed by atoms with Crippen LogP contribution in [-0.4, -0.2) is 35.7 Å². The number of carbonyl (C=O) groups is 1. The first-order valence-electron chi connectivity index (χ1n) is 5.97. The van der Waals surface area contributed by atoms with Crippen molar-refractivity contribution in [3.63, 3.8) is 0 Å². The number of aliphatic hydroxyl groups excluding tert-OH is 1. The van der Waals surface area contributed by atoms with Crippen LogP contribution in [0.25, 0.3) is 0 Å². The Morgan fingerprint density at radius 1 is 1.29 bits per heavy atom. The van der Waals surface area contributed by atoms with E-state index in [1.54, 1.807) is 5.01 Å². The number of β-amino-alcohol motifs (C(OH)–C–C–N with tert-alkyl or cyclic N) is 1. The second-order valence-corrected chi connectivity index (χ2v) is 4.32. The summed E-state index contributed by atoms with van der Waals surface area (Å²) in [6.07, 6.45) is 1.44. The molecule has 1 aliphatic heterocycles. The Morgan fingerprint density at radius 2 is 2.00 bits per heavy atom. The molecule has 1 aliphatic rings. The number of nitrogens with zero attached hydrogens (tertiary/aromatic N) is 2. The van der Waals surface area contributed by atoms with Crippen molar-refractivity contribution in [3.8, 4) is 0 Å². The van der Waals surface area contributed by atoms with Gasteiger partial charge in [0.1, 0.15) is 0 Å². The van der Waals surface area contributed by atoms with E-state index in [0.717, 1.165) is 18.7 Å². The lowest BCUT2D eigenvalue weighted by molar-refractivity contribution is -0.124. The van der Waals surface area contributed by atoms with Crippen LogP contribution in [0, 0.1) is 6.92 Å². The smallest absolute Gasteiger partial charge is 0.241 e. The van der Waals surface area contributed by atoms with Crippen LogP contribution in [0.3, 0.4) is 0 Å². The van der Waals surface area contributed by atoms with Gasteiger partial charge in [-0.25, -0.2) is 10.0 Å². The van der Waals surface area contributed by atoms with Gasteiger partial charge in [0.15, 0.2) is 0 Å². The van der Waals surface area contributed by atoms with Crippen LogP contribution in [-0.2, 0) is 4.79 Å². The Kier molecular flexibility index (Phi) is 3.76. The van der Waals surface area contributed by atoms with Crippen molar-refractivity contribution in [2.75, 3.05) is 24.7 Å². The Bertz CT molecular complexity index is 387. The van der Waals surface area contributed by atoms with Gasteiger partial charge in [0, 0.05) is 19.5 Å². The molecule has 1 heterocycles. The molecule has 1 fully saturated rings. The van der Waals surface area contributed by atoms with Crippen molar-refractivity contribution in [3.05, 3.63) is 29.8 Å². The third kappa shape index (κ3) is 2.65. The van der Waals surface area contributed by atoms with Crippen LogP contribution in [0.1, 0.15) is 18.4 Å². The zero-order chi connectivity index (χ0) is 12.3. The highest BCUT2D eigenvalue weighted by atomic mass is 16.3. The predicted octanol–water partition coefficient (Wildman–Crippen LogP) is 1.33. The number of amides is 1. The Balaban J connectivity index is 2.24. The van der Waals surface area contributed by atoms with E-state index < -0.39 is 0 Å². The Morgan fingerprint density at radius 3 is 2.65 bits per heavy atom. The van der Waals surface area contributed by atoms with E-state index in [1.807, 2.05) is 36.2 Å². The molecule has 0 spiro atoms. The first-order chi connectivity index (χ1) is 8.22. The predicted molar refractivity (Wildman–Crippen MR) is 66.6 cm³/mol. The average molecular weight is 234 g/mol. The van der Waals surface area contributed by atoms with Crippen molar-refractivity contribution < 1.29 is 9.90 Å². The fourth-order valence-corrected chi connectivity index (χ4v) is 2.10. The van der Waals surface area contributed by atoms with E-state index in [2.05, 4.69) is 0 Å². The van der Waals surface area contributed by atoms with Crippen molar-refractivity contribution >= 4 is 11.6 Å². The number of carbonyl (C=O) groups excluding carboxylic acids is 1. The molecule has 0 aromatic heterocycles. The first-order valence-corrected chi connectivity index (χ1v) is 5.97. The molecule has 1 aromatic carbocycles. The summed E-state index contributed by atoms with van der Waals surface area (Å²) in [6, 6.07) is 7.88. The second kappa shape index (κ2) is 5.29. The summed E-state index contributed by atoms with van der Waals surface area (Å²) in [5.74, 6) is 0.105. The van der Waals surface area contributed by atoms with E-state index in [-0.39, 0.29) is 12.5 Å². The summed E-state index contributed by atoms with van der Waals surface area (Å²) >= 11 is 0. The zero-order valence-electron chi connectivity index (χ0n) is 10.1. The molecule has 0 aliphatic carbocycles. The van der Waals surface area contributed by atoms with E-state index in [1.165, 1.54) is 5.56 Å². The second-order valence-electron chi connectivity index (χ2n) is 4.32. The van der Waals surface area contributed by atoms with Crippen LogP contribution in [0.4, 0.5) is 5.69 Å². The summed E-state index contributed by atoms with van der Waals surface area (Å²) in [4.78, 5) is 12.0. The Labute approximate surface area is 101 Å². The van der Waals surface area contributed by atoms with Crippen LogP contribution >= 0.6 is 0 Å². The lowest BCUT2D eigenvalue weighted by Crippen LogP contribution is -2.51. The molecule has 0 bridgehead atoms. The van der Waals surface area contributed by atoms with E-state index in [9.17, 15) is 4.79 Å². The molecule has 0 radical (unpaired) electrons. The fourth-order valence-electron chi connectivity index (χ4n) is 2.10. The molecule has 92 valence electrons. The fraction of sp³-hybridized carbons (Fsp3) is 0.462. The highest BCUT2D eigenvalue weighted by Gasteiger charge is 2.26. The van der Waals surface area contributed by atoms with Crippen molar-refractivity contribution in [1.82, 2.24) is 5.01 Å². The molecule has 1 N–H and O–H groups in total. The van der Waals surface area contributed by atoms with Gasteiger partial charge in [-0.3, -0.25) is 4.79 Å². The maximum Gasteiger partial charge on any atom is 0.241 e. The minimum Gasteiger partial charge on any atom is -0.395 e. The molecule has 4 nitrogen and oxygen atoms in total. The molecule has 2 rings (SSSR count). The number of hydrogen-bond donors (Lipinski definition) is 1.